The highest BCUT2D eigenvalue weighted by Crippen LogP contribution is 2.08. The van der Waals surface area contributed by atoms with E-state index in [0.29, 0.717) is 5.56 Å². The molecule has 9 heteroatoms. The summed E-state index contributed by atoms with van der Waals surface area (Å²) in [5.41, 5.74) is 5.50. The second-order valence-electron chi connectivity index (χ2n) is 6.23. The summed E-state index contributed by atoms with van der Waals surface area (Å²) in [7, 11) is 1.13. The lowest BCUT2D eigenvalue weighted by Gasteiger charge is -2.22. The topological polar surface area (TPSA) is 129 Å². The summed E-state index contributed by atoms with van der Waals surface area (Å²) < 4.78 is 9.60. The van der Waals surface area contributed by atoms with Crippen molar-refractivity contribution in [2.45, 2.75) is 38.8 Å². The minimum Gasteiger partial charge on any atom is -0.467 e. The molecule has 0 heterocycles. The number of nitrogens with zero attached hydrogens (tertiary/aromatic N) is 1. The predicted molar refractivity (Wildman–Crippen MR) is 93.0 cm³/mol. The number of esters is 1. The van der Waals surface area contributed by atoms with Crippen LogP contribution in [0.3, 0.4) is 0 Å². The van der Waals surface area contributed by atoms with E-state index >= 15 is 0 Å². The van der Waals surface area contributed by atoms with Crippen LogP contribution in [-0.2, 0) is 23.9 Å². The van der Waals surface area contributed by atoms with E-state index in [0.717, 1.165) is 7.11 Å². The fraction of sp³-hybridized carbons (Fsp3) is 0.412. The molecule has 0 saturated heterocycles. The van der Waals surface area contributed by atoms with Crippen LogP contribution in [0.5, 0.6) is 0 Å². The zero-order valence-corrected chi connectivity index (χ0v) is 15.1. The molecule has 1 amide bonds. The molecule has 0 spiro atoms. The molecule has 0 aromatic heterocycles. The quantitative estimate of drug-likeness (QED) is 0.255. The average Bonchev–Trinajstić information content (AvgIpc) is 2.57. The highest BCUT2D eigenvalue weighted by molar-refractivity contribution is 5.97. The van der Waals surface area contributed by atoms with Gasteiger partial charge < -0.3 is 25.4 Å². The minimum atomic E-state index is -1.28. The Labute approximate surface area is 151 Å². The second kappa shape index (κ2) is 9.40. The van der Waals surface area contributed by atoms with Crippen molar-refractivity contribution in [2.75, 3.05) is 7.11 Å². The average molecular weight is 365 g/mol. The van der Waals surface area contributed by atoms with Crippen molar-refractivity contribution in [2.24, 2.45) is 10.9 Å². The Morgan fingerprint density at radius 1 is 1.19 bits per heavy atom. The van der Waals surface area contributed by atoms with Crippen LogP contribution < -0.4 is 11.1 Å². The lowest BCUT2D eigenvalue weighted by atomic mass is 10.2. The number of hydrogen-bond acceptors (Lipinski definition) is 7. The van der Waals surface area contributed by atoms with E-state index in [1.807, 2.05) is 0 Å². The fourth-order valence-electron chi connectivity index (χ4n) is 1.75. The summed E-state index contributed by atoms with van der Waals surface area (Å²) in [6, 6.07) is 7.39. The molecule has 1 atom stereocenters. The van der Waals surface area contributed by atoms with E-state index < -0.39 is 36.1 Å². The third-order valence-corrected chi connectivity index (χ3v) is 2.86. The maximum absolute atomic E-state index is 11.9. The summed E-state index contributed by atoms with van der Waals surface area (Å²) >= 11 is 0. The molecular weight excluding hydrogens is 342 g/mol. The van der Waals surface area contributed by atoms with Gasteiger partial charge in [-0.25, -0.2) is 14.4 Å². The maximum atomic E-state index is 11.9. The Kier molecular flexibility index (Phi) is 7.57. The third kappa shape index (κ3) is 7.65. The van der Waals surface area contributed by atoms with Crippen molar-refractivity contribution in [1.29, 1.82) is 0 Å². The Balaban J connectivity index is 2.68. The van der Waals surface area contributed by atoms with Crippen molar-refractivity contribution in [3.05, 3.63) is 35.9 Å². The number of nitrogens with one attached hydrogen (secondary N) is 1. The number of oxime groups is 1. The molecule has 0 aliphatic rings. The van der Waals surface area contributed by atoms with Crippen LogP contribution in [0.1, 0.15) is 32.8 Å². The Morgan fingerprint density at radius 3 is 2.35 bits per heavy atom. The van der Waals surface area contributed by atoms with E-state index in [9.17, 15) is 14.4 Å². The van der Waals surface area contributed by atoms with Crippen molar-refractivity contribution >= 4 is 23.9 Å². The first kappa shape index (κ1) is 20.9. The number of carbonyl (C=O) groups is 3. The van der Waals surface area contributed by atoms with Crippen LogP contribution in [-0.4, -0.2) is 42.6 Å². The highest BCUT2D eigenvalue weighted by atomic mass is 16.7. The summed E-state index contributed by atoms with van der Waals surface area (Å²) in [6.07, 6.45) is -1.37. The number of methoxy groups -OCH3 is 1. The molecule has 1 aromatic rings. The first-order chi connectivity index (χ1) is 12.1. The van der Waals surface area contributed by atoms with Crippen LogP contribution in [0, 0.1) is 0 Å². The second-order valence-corrected chi connectivity index (χ2v) is 6.23. The molecule has 0 fully saturated rings. The largest absolute Gasteiger partial charge is 0.467 e. The summed E-state index contributed by atoms with van der Waals surface area (Å²) in [6.45, 7) is 4.99. The molecule has 0 aliphatic heterocycles. The van der Waals surface area contributed by atoms with Gasteiger partial charge in [-0.1, -0.05) is 35.5 Å². The number of rotatable bonds is 6. The fourth-order valence-corrected chi connectivity index (χ4v) is 1.75. The Morgan fingerprint density at radius 2 is 1.81 bits per heavy atom. The first-order valence-corrected chi connectivity index (χ1v) is 7.78. The smallest absolute Gasteiger partial charge is 0.408 e. The SMILES string of the molecule is COC(=O)[C@H](CC(=O)O/N=C(\N)c1ccccc1)NC(=O)OC(C)(C)C. The summed E-state index contributed by atoms with van der Waals surface area (Å²) in [4.78, 5) is 40.1. The lowest BCUT2D eigenvalue weighted by molar-refractivity contribution is -0.151. The van der Waals surface area contributed by atoms with Crippen LogP contribution in [0.25, 0.3) is 0 Å². The molecule has 1 rings (SSSR count). The van der Waals surface area contributed by atoms with Crippen LogP contribution in [0.2, 0.25) is 0 Å². The van der Waals surface area contributed by atoms with Crippen molar-refractivity contribution in [3.63, 3.8) is 0 Å². The van der Waals surface area contributed by atoms with Gasteiger partial charge in [-0.15, -0.1) is 0 Å². The molecule has 0 unspecified atom stereocenters. The Hall–Kier alpha value is -3.10. The molecular formula is C17H23N3O6. The van der Waals surface area contributed by atoms with Gasteiger partial charge in [-0.3, -0.25) is 0 Å². The molecule has 0 aliphatic carbocycles. The van der Waals surface area contributed by atoms with Crippen molar-refractivity contribution in [3.8, 4) is 0 Å². The van der Waals surface area contributed by atoms with Crippen LogP contribution in [0.4, 0.5) is 4.79 Å². The van der Waals surface area contributed by atoms with Gasteiger partial charge in [0.05, 0.1) is 13.5 Å². The monoisotopic (exact) mass is 365 g/mol. The zero-order chi connectivity index (χ0) is 19.7. The summed E-state index contributed by atoms with van der Waals surface area (Å²) in [5, 5.41) is 5.78. The zero-order valence-electron chi connectivity index (χ0n) is 15.1. The van der Waals surface area contributed by atoms with Gasteiger partial charge in [-0.2, -0.15) is 0 Å². The van der Waals surface area contributed by atoms with E-state index in [1.165, 1.54) is 0 Å². The number of hydrogen-bond donors (Lipinski definition) is 2. The molecule has 26 heavy (non-hydrogen) atoms. The molecule has 142 valence electrons. The van der Waals surface area contributed by atoms with Crippen LogP contribution >= 0.6 is 0 Å². The van der Waals surface area contributed by atoms with E-state index in [-0.39, 0.29) is 5.84 Å². The number of amidine groups is 1. The predicted octanol–water partition coefficient (Wildman–Crippen LogP) is 1.31. The van der Waals surface area contributed by atoms with Crippen molar-refractivity contribution in [1.82, 2.24) is 5.32 Å². The maximum Gasteiger partial charge on any atom is 0.408 e. The molecule has 1 aromatic carbocycles. The van der Waals surface area contributed by atoms with Gasteiger partial charge in [0.25, 0.3) is 0 Å². The first-order valence-electron chi connectivity index (χ1n) is 7.78. The van der Waals surface area contributed by atoms with Gasteiger partial charge in [0.15, 0.2) is 5.84 Å². The van der Waals surface area contributed by atoms with Gasteiger partial charge >= 0.3 is 18.0 Å². The summed E-state index contributed by atoms with van der Waals surface area (Å²) in [5.74, 6) is -1.71. The number of ether oxygens (including phenoxy) is 2. The molecule has 0 radical (unpaired) electrons. The molecule has 9 nitrogen and oxygen atoms in total. The lowest BCUT2D eigenvalue weighted by Crippen LogP contribution is -2.45. The van der Waals surface area contributed by atoms with Gasteiger partial charge in [0.1, 0.15) is 11.6 Å². The highest BCUT2D eigenvalue weighted by Gasteiger charge is 2.28. The van der Waals surface area contributed by atoms with Gasteiger partial charge in [0, 0.05) is 5.56 Å². The normalized spacial score (nSPS) is 12.7. The molecule has 0 bridgehead atoms. The molecule has 0 saturated carbocycles. The standard InChI is InChI=1S/C17H23N3O6/c1-17(2,3)25-16(23)19-12(15(22)24-4)10-13(21)26-20-14(18)11-8-6-5-7-9-11/h5-9,12H,10H2,1-4H3,(H2,18,20)(H,19,23)/t12-/m0/s1. The minimum absolute atomic E-state index is 0.00586. The van der Waals surface area contributed by atoms with E-state index in [4.69, 9.17) is 10.5 Å². The van der Waals surface area contributed by atoms with E-state index in [2.05, 4.69) is 20.0 Å². The van der Waals surface area contributed by atoms with Gasteiger partial charge in [0.2, 0.25) is 0 Å². The number of nitrogens with two attached hydrogens (primary N) is 1. The van der Waals surface area contributed by atoms with Gasteiger partial charge in [-0.05, 0) is 20.8 Å². The number of amides is 1. The number of benzene rings is 1. The Bertz CT molecular complexity index is 667. The van der Waals surface area contributed by atoms with Crippen molar-refractivity contribution < 1.29 is 28.7 Å². The van der Waals surface area contributed by atoms with Crippen LogP contribution in [0.15, 0.2) is 35.5 Å². The van der Waals surface area contributed by atoms with E-state index in [1.54, 1.807) is 51.1 Å². The third-order valence-electron chi connectivity index (χ3n) is 2.86. The molecule has 3 N–H and O–H groups in total. The number of carbonyl (C=O) groups excluding carboxylic acids is 3. The number of alkyl carbamates (subject to hydrolysis) is 1.